The Hall–Kier alpha value is -1.02. The molecule has 25 heavy (non-hydrogen) atoms. The van der Waals surface area contributed by atoms with Crippen LogP contribution in [0.3, 0.4) is 0 Å². The standard InChI is InChI=1S/C19H29IO5/c1-8-19(5,6)18(21)24-12(3)14-10-15(20)17(11-16(14)22-7)25-13(4)23-9-2/h10-13H,8-9H2,1-7H3. The Bertz CT molecular complexity index is 585. The molecule has 1 aromatic rings. The van der Waals surface area contributed by atoms with Crippen LogP contribution in [0.4, 0.5) is 0 Å². The van der Waals surface area contributed by atoms with E-state index in [1.807, 2.05) is 53.7 Å². The summed E-state index contributed by atoms with van der Waals surface area (Å²) in [5.41, 5.74) is 0.300. The van der Waals surface area contributed by atoms with Crippen molar-refractivity contribution >= 4 is 28.6 Å². The first kappa shape index (κ1) is 22.0. The average molecular weight is 464 g/mol. The summed E-state index contributed by atoms with van der Waals surface area (Å²) in [6.45, 7) is 11.9. The lowest BCUT2D eigenvalue weighted by molar-refractivity contribution is -0.159. The summed E-state index contributed by atoms with van der Waals surface area (Å²) in [5, 5.41) is 0. The molecule has 0 aromatic heterocycles. The highest BCUT2D eigenvalue weighted by Crippen LogP contribution is 2.36. The van der Waals surface area contributed by atoms with Gasteiger partial charge >= 0.3 is 5.97 Å². The van der Waals surface area contributed by atoms with Crippen molar-refractivity contribution in [2.75, 3.05) is 13.7 Å². The van der Waals surface area contributed by atoms with Crippen LogP contribution in [0.15, 0.2) is 12.1 Å². The van der Waals surface area contributed by atoms with E-state index < -0.39 is 11.5 Å². The number of esters is 1. The number of hydrogen-bond donors (Lipinski definition) is 0. The molecule has 0 fully saturated rings. The summed E-state index contributed by atoms with van der Waals surface area (Å²) in [4.78, 5) is 12.3. The molecule has 6 heteroatoms. The van der Waals surface area contributed by atoms with Gasteiger partial charge in [0.1, 0.15) is 17.6 Å². The lowest BCUT2D eigenvalue weighted by Crippen LogP contribution is -2.27. The Balaban J connectivity index is 3.03. The van der Waals surface area contributed by atoms with Crippen LogP contribution in [0.25, 0.3) is 0 Å². The first-order chi connectivity index (χ1) is 11.7. The third-order valence-electron chi connectivity index (χ3n) is 4.14. The molecule has 0 spiro atoms. The summed E-state index contributed by atoms with van der Waals surface area (Å²) in [6.07, 6.45) is -0.0511. The number of benzene rings is 1. The number of hydrogen-bond acceptors (Lipinski definition) is 5. The Morgan fingerprint density at radius 3 is 2.36 bits per heavy atom. The second kappa shape index (κ2) is 9.62. The van der Waals surface area contributed by atoms with E-state index in [4.69, 9.17) is 18.9 Å². The molecule has 2 unspecified atom stereocenters. The Morgan fingerprint density at radius 1 is 1.20 bits per heavy atom. The highest BCUT2D eigenvalue weighted by Gasteiger charge is 2.30. The number of methoxy groups -OCH3 is 1. The van der Waals surface area contributed by atoms with Crippen LogP contribution in [-0.4, -0.2) is 26.0 Å². The highest BCUT2D eigenvalue weighted by molar-refractivity contribution is 14.1. The first-order valence-electron chi connectivity index (χ1n) is 8.53. The van der Waals surface area contributed by atoms with Crippen molar-refractivity contribution in [3.05, 3.63) is 21.3 Å². The molecule has 0 radical (unpaired) electrons. The third-order valence-corrected chi connectivity index (χ3v) is 4.98. The lowest BCUT2D eigenvalue weighted by atomic mass is 9.90. The molecular formula is C19H29IO5. The van der Waals surface area contributed by atoms with Gasteiger partial charge in [-0.15, -0.1) is 0 Å². The van der Waals surface area contributed by atoms with Crippen molar-refractivity contribution < 1.29 is 23.7 Å². The quantitative estimate of drug-likeness (QED) is 0.289. The SMILES string of the molecule is CCOC(C)Oc1cc(OC)c(C(C)OC(=O)C(C)(C)CC)cc1I. The van der Waals surface area contributed by atoms with E-state index in [-0.39, 0.29) is 12.3 Å². The van der Waals surface area contributed by atoms with Crippen LogP contribution in [0.5, 0.6) is 11.5 Å². The van der Waals surface area contributed by atoms with Crippen LogP contribution in [0.1, 0.15) is 59.6 Å². The van der Waals surface area contributed by atoms with Gasteiger partial charge in [0.15, 0.2) is 6.29 Å². The lowest BCUT2D eigenvalue weighted by Gasteiger charge is -2.25. The maximum Gasteiger partial charge on any atom is 0.312 e. The number of carbonyl (C=O) groups excluding carboxylic acids is 1. The van der Waals surface area contributed by atoms with Crippen LogP contribution in [0, 0.1) is 8.99 Å². The van der Waals surface area contributed by atoms with Crippen molar-refractivity contribution in [2.24, 2.45) is 5.41 Å². The summed E-state index contributed by atoms with van der Waals surface area (Å²) in [6, 6.07) is 3.73. The highest BCUT2D eigenvalue weighted by atomic mass is 127. The van der Waals surface area contributed by atoms with E-state index in [0.717, 1.165) is 15.6 Å². The van der Waals surface area contributed by atoms with E-state index in [1.165, 1.54) is 0 Å². The second-order valence-electron chi connectivity index (χ2n) is 6.45. The third kappa shape index (κ3) is 6.02. The monoisotopic (exact) mass is 464 g/mol. The number of carbonyl (C=O) groups is 1. The molecule has 142 valence electrons. The summed E-state index contributed by atoms with van der Waals surface area (Å²) in [7, 11) is 1.59. The predicted octanol–water partition coefficient (Wildman–Crippen LogP) is 5.10. The van der Waals surface area contributed by atoms with Gasteiger partial charge in [-0.05, 0) is 69.7 Å². The van der Waals surface area contributed by atoms with Gasteiger partial charge in [-0.1, -0.05) is 6.92 Å². The van der Waals surface area contributed by atoms with Gasteiger partial charge in [0.05, 0.1) is 16.1 Å². The van der Waals surface area contributed by atoms with Crippen LogP contribution < -0.4 is 9.47 Å². The van der Waals surface area contributed by atoms with E-state index in [2.05, 4.69) is 22.6 Å². The molecular weight excluding hydrogens is 435 g/mol. The molecule has 1 rings (SSSR count). The van der Waals surface area contributed by atoms with Crippen molar-refractivity contribution in [1.29, 1.82) is 0 Å². The number of ether oxygens (including phenoxy) is 4. The van der Waals surface area contributed by atoms with Crippen molar-refractivity contribution in [1.82, 2.24) is 0 Å². The summed E-state index contributed by atoms with van der Waals surface area (Å²) in [5.74, 6) is 1.08. The van der Waals surface area contributed by atoms with E-state index >= 15 is 0 Å². The van der Waals surface area contributed by atoms with Crippen molar-refractivity contribution in [3.8, 4) is 11.5 Å². The fourth-order valence-corrected chi connectivity index (χ4v) is 2.73. The zero-order valence-corrected chi connectivity index (χ0v) is 18.3. The molecule has 5 nitrogen and oxygen atoms in total. The van der Waals surface area contributed by atoms with Gasteiger partial charge < -0.3 is 18.9 Å². The van der Waals surface area contributed by atoms with Gasteiger partial charge in [0, 0.05) is 18.2 Å². The summed E-state index contributed by atoms with van der Waals surface area (Å²) < 4.78 is 23.3. The molecule has 0 aliphatic rings. The van der Waals surface area contributed by atoms with E-state index in [0.29, 0.717) is 18.1 Å². The molecule has 0 aliphatic heterocycles. The Morgan fingerprint density at radius 2 is 1.84 bits per heavy atom. The molecule has 0 aliphatic carbocycles. The van der Waals surface area contributed by atoms with E-state index in [1.54, 1.807) is 7.11 Å². The zero-order chi connectivity index (χ0) is 19.2. The maximum absolute atomic E-state index is 12.3. The maximum atomic E-state index is 12.3. The van der Waals surface area contributed by atoms with Gasteiger partial charge in [-0.3, -0.25) is 4.79 Å². The number of halogens is 1. The topological polar surface area (TPSA) is 54.0 Å². The van der Waals surface area contributed by atoms with Crippen molar-refractivity contribution in [3.63, 3.8) is 0 Å². The summed E-state index contributed by atoms with van der Waals surface area (Å²) >= 11 is 2.19. The van der Waals surface area contributed by atoms with Gasteiger partial charge in [0.25, 0.3) is 0 Å². The predicted molar refractivity (Wildman–Crippen MR) is 106 cm³/mol. The molecule has 0 saturated carbocycles. The fourth-order valence-electron chi connectivity index (χ4n) is 2.11. The van der Waals surface area contributed by atoms with Crippen molar-refractivity contribution in [2.45, 2.75) is 60.4 Å². The minimum Gasteiger partial charge on any atom is -0.496 e. The van der Waals surface area contributed by atoms with Crippen LogP contribution >= 0.6 is 22.6 Å². The first-order valence-corrected chi connectivity index (χ1v) is 9.60. The van der Waals surface area contributed by atoms with Gasteiger partial charge in [0.2, 0.25) is 0 Å². The second-order valence-corrected chi connectivity index (χ2v) is 7.61. The zero-order valence-electron chi connectivity index (χ0n) is 16.1. The molecule has 0 N–H and O–H groups in total. The van der Waals surface area contributed by atoms with Gasteiger partial charge in [-0.2, -0.15) is 0 Å². The molecule has 0 heterocycles. The molecule has 0 amide bonds. The molecule has 1 aromatic carbocycles. The normalized spacial score (nSPS) is 13.9. The van der Waals surface area contributed by atoms with Crippen LogP contribution in [-0.2, 0) is 14.3 Å². The molecule has 2 atom stereocenters. The van der Waals surface area contributed by atoms with Gasteiger partial charge in [-0.25, -0.2) is 0 Å². The fraction of sp³-hybridized carbons (Fsp3) is 0.632. The molecule has 0 saturated heterocycles. The molecule has 0 bridgehead atoms. The van der Waals surface area contributed by atoms with E-state index in [9.17, 15) is 4.79 Å². The smallest absolute Gasteiger partial charge is 0.312 e. The largest absolute Gasteiger partial charge is 0.496 e. The van der Waals surface area contributed by atoms with Crippen LogP contribution in [0.2, 0.25) is 0 Å². The number of rotatable bonds is 9. The minimum absolute atomic E-state index is 0.218. The Labute approximate surface area is 164 Å². The minimum atomic E-state index is -0.509. The average Bonchev–Trinajstić information content (AvgIpc) is 2.56. The Kier molecular flexibility index (Phi) is 8.47.